The van der Waals surface area contributed by atoms with Crippen molar-refractivity contribution in [3.8, 4) is 5.75 Å². The molecule has 1 rings (SSSR count). The minimum Gasteiger partial charge on any atom is -0.508 e. The monoisotopic (exact) mass is 289 g/mol. The zero-order chi connectivity index (χ0) is 12.0. The van der Waals surface area contributed by atoms with Gasteiger partial charge in [-0.2, -0.15) is 0 Å². The quantitative estimate of drug-likeness (QED) is 0.738. The third kappa shape index (κ3) is 4.09. The van der Waals surface area contributed by atoms with Crippen molar-refractivity contribution in [1.82, 2.24) is 5.32 Å². The van der Waals surface area contributed by atoms with Gasteiger partial charge in [0.2, 0.25) is 0 Å². The molecule has 0 amide bonds. The molecular formula is C11H16BrNO3. The maximum absolute atomic E-state index is 9.60. The molecule has 1 atom stereocenters. The molecule has 0 saturated heterocycles. The van der Waals surface area contributed by atoms with E-state index in [0.717, 1.165) is 10.0 Å². The molecule has 1 aromatic carbocycles. The van der Waals surface area contributed by atoms with E-state index in [4.69, 9.17) is 9.84 Å². The second-order valence-electron chi connectivity index (χ2n) is 3.49. The Morgan fingerprint density at radius 2 is 2.25 bits per heavy atom. The first-order valence-corrected chi connectivity index (χ1v) is 5.77. The molecule has 16 heavy (non-hydrogen) atoms. The van der Waals surface area contributed by atoms with Gasteiger partial charge in [-0.1, -0.05) is 15.9 Å². The van der Waals surface area contributed by atoms with Gasteiger partial charge in [0.15, 0.2) is 0 Å². The van der Waals surface area contributed by atoms with E-state index in [1.165, 1.54) is 0 Å². The highest BCUT2D eigenvalue weighted by Crippen LogP contribution is 2.21. The summed E-state index contributed by atoms with van der Waals surface area (Å²) < 4.78 is 5.85. The summed E-state index contributed by atoms with van der Waals surface area (Å²) in [5.41, 5.74) is 0.781. The Bertz CT molecular complexity index is 333. The number of benzene rings is 1. The molecule has 1 unspecified atom stereocenters. The fraction of sp³-hybridized carbons (Fsp3) is 0.455. The maximum atomic E-state index is 9.60. The summed E-state index contributed by atoms with van der Waals surface area (Å²) >= 11 is 3.34. The van der Waals surface area contributed by atoms with Gasteiger partial charge in [-0.05, 0) is 18.2 Å². The molecule has 0 aliphatic rings. The van der Waals surface area contributed by atoms with E-state index in [9.17, 15) is 5.11 Å². The van der Waals surface area contributed by atoms with Crippen molar-refractivity contribution >= 4 is 15.9 Å². The van der Waals surface area contributed by atoms with Crippen LogP contribution >= 0.6 is 15.9 Å². The number of phenolic OH excluding ortho intramolecular Hbond substituents is 1. The van der Waals surface area contributed by atoms with Gasteiger partial charge in [0.25, 0.3) is 0 Å². The van der Waals surface area contributed by atoms with Gasteiger partial charge >= 0.3 is 0 Å². The first-order chi connectivity index (χ1) is 7.67. The molecule has 0 saturated carbocycles. The lowest BCUT2D eigenvalue weighted by atomic mass is 10.2. The van der Waals surface area contributed by atoms with Gasteiger partial charge in [0.1, 0.15) is 5.75 Å². The van der Waals surface area contributed by atoms with Crippen LogP contribution in [0.1, 0.15) is 5.56 Å². The van der Waals surface area contributed by atoms with Crippen molar-refractivity contribution < 1.29 is 14.9 Å². The van der Waals surface area contributed by atoms with Crippen molar-refractivity contribution in [2.24, 2.45) is 0 Å². The third-order valence-corrected chi connectivity index (χ3v) is 2.70. The van der Waals surface area contributed by atoms with Crippen LogP contribution in [-0.2, 0) is 11.3 Å². The molecule has 0 radical (unpaired) electrons. The predicted octanol–water partition coefficient (Wildman–Crippen LogP) is 1.25. The lowest BCUT2D eigenvalue weighted by molar-refractivity contribution is 0.128. The fourth-order valence-electron chi connectivity index (χ4n) is 1.33. The number of methoxy groups -OCH3 is 1. The lowest BCUT2D eigenvalue weighted by Gasteiger charge is -2.15. The number of nitrogens with one attached hydrogen (secondary N) is 1. The molecule has 90 valence electrons. The summed E-state index contributed by atoms with van der Waals surface area (Å²) in [4.78, 5) is 0. The molecule has 0 spiro atoms. The molecule has 0 aliphatic heterocycles. The molecule has 4 nitrogen and oxygen atoms in total. The Morgan fingerprint density at radius 1 is 1.50 bits per heavy atom. The summed E-state index contributed by atoms with van der Waals surface area (Å²) in [6, 6.07) is 5.12. The minimum atomic E-state index is -0.122. The van der Waals surface area contributed by atoms with E-state index in [2.05, 4.69) is 21.2 Å². The van der Waals surface area contributed by atoms with Gasteiger partial charge in [-0.15, -0.1) is 0 Å². The molecule has 5 heteroatoms. The van der Waals surface area contributed by atoms with Crippen LogP contribution in [0.5, 0.6) is 5.75 Å². The largest absolute Gasteiger partial charge is 0.508 e. The molecule has 0 heterocycles. The van der Waals surface area contributed by atoms with Gasteiger partial charge < -0.3 is 20.3 Å². The molecule has 0 bridgehead atoms. The minimum absolute atomic E-state index is 0.00258. The Kier molecular flexibility index (Phi) is 5.76. The van der Waals surface area contributed by atoms with Crippen molar-refractivity contribution in [2.45, 2.75) is 12.6 Å². The topological polar surface area (TPSA) is 61.7 Å². The summed E-state index contributed by atoms with van der Waals surface area (Å²) in [6.07, 6.45) is 0. The first kappa shape index (κ1) is 13.4. The van der Waals surface area contributed by atoms with E-state index in [0.29, 0.717) is 13.2 Å². The van der Waals surface area contributed by atoms with E-state index < -0.39 is 0 Å². The molecule has 0 fully saturated rings. The van der Waals surface area contributed by atoms with Gasteiger partial charge in [0.05, 0.1) is 19.3 Å². The Morgan fingerprint density at radius 3 is 2.88 bits per heavy atom. The van der Waals surface area contributed by atoms with Crippen LogP contribution in [0.3, 0.4) is 0 Å². The van der Waals surface area contributed by atoms with E-state index in [1.54, 1.807) is 19.2 Å². The second-order valence-corrected chi connectivity index (χ2v) is 4.40. The summed E-state index contributed by atoms with van der Waals surface area (Å²) in [5, 5.41) is 21.7. The van der Waals surface area contributed by atoms with E-state index in [-0.39, 0.29) is 18.4 Å². The van der Waals surface area contributed by atoms with Gasteiger partial charge in [0, 0.05) is 23.7 Å². The summed E-state index contributed by atoms with van der Waals surface area (Å²) in [7, 11) is 1.58. The highest BCUT2D eigenvalue weighted by molar-refractivity contribution is 9.10. The average molecular weight is 290 g/mol. The molecular weight excluding hydrogens is 274 g/mol. The maximum Gasteiger partial charge on any atom is 0.120 e. The van der Waals surface area contributed by atoms with Crippen LogP contribution in [0.2, 0.25) is 0 Å². The van der Waals surface area contributed by atoms with Crippen molar-refractivity contribution in [3.05, 3.63) is 28.2 Å². The second kappa shape index (κ2) is 6.85. The van der Waals surface area contributed by atoms with Gasteiger partial charge in [-0.25, -0.2) is 0 Å². The Balaban J connectivity index is 2.55. The molecule has 0 aliphatic carbocycles. The fourth-order valence-corrected chi connectivity index (χ4v) is 1.74. The Hall–Kier alpha value is -0.620. The lowest BCUT2D eigenvalue weighted by Crippen LogP contribution is -2.35. The summed E-state index contributed by atoms with van der Waals surface area (Å²) in [5.74, 6) is 0.241. The van der Waals surface area contributed by atoms with Crippen LogP contribution in [-0.4, -0.2) is 36.6 Å². The average Bonchev–Trinajstić information content (AvgIpc) is 2.28. The number of hydrogen-bond donors (Lipinski definition) is 3. The molecule has 0 aromatic heterocycles. The highest BCUT2D eigenvalue weighted by atomic mass is 79.9. The zero-order valence-corrected chi connectivity index (χ0v) is 10.7. The third-order valence-electron chi connectivity index (χ3n) is 2.21. The van der Waals surface area contributed by atoms with E-state index in [1.807, 2.05) is 6.07 Å². The first-order valence-electron chi connectivity index (χ1n) is 4.98. The number of hydrogen-bond acceptors (Lipinski definition) is 4. The zero-order valence-electron chi connectivity index (χ0n) is 9.11. The predicted molar refractivity (Wildman–Crippen MR) is 65.4 cm³/mol. The SMILES string of the molecule is COCC(CO)NCc1cc(Br)ccc1O. The molecule has 1 aromatic rings. The van der Waals surface area contributed by atoms with Crippen LogP contribution in [0, 0.1) is 0 Å². The van der Waals surface area contributed by atoms with Gasteiger partial charge in [-0.3, -0.25) is 0 Å². The normalized spacial score (nSPS) is 12.7. The van der Waals surface area contributed by atoms with E-state index >= 15 is 0 Å². The van der Waals surface area contributed by atoms with Crippen molar-refractivity contribution in [3.63, 3.8) is 0 Å². The van der Waals surface area contributed by atoms with Crippen LogP contribution in [0.4, 0.5) is 0 Å². The van der Waals surface area contributed by atoms with Crippen LogP contribution in [0.25, 0.3) is 0 Å². The standard InChI is InChI=1S/C11H16BrNO3/c1-16-7-10(6-14)13-5-8-4-9(12)2-3-11(8)15/h2-4,10,13-15H,5-7H2,1H3. The number of halogens is 1. The number of aromatic hydroxyl groups is 1. The smallest absolute Gasteiger partial charge is 0.120 e. The Labute approximate surface area is 103 Å². The van der Waals surface area contributed by atoms with Crippen molar-refractivity contribution in [1.29, 1.82) is 0 Å². The number of phenols is 1. The number of aliphatic hydroxyl groups excluding tert-OH is 1. The number of rotatable bonds is 6. The summed E-state index contributed by atoms with van der Waals surface area (Å²) in [6.45, 7) is 0.924. The molecule has 3 N–H and O–H groups in total. The van der Waals surface area contributed by atoms with Crippen molar-refractivity contribution in [2.75, 3.05) is 20.3 Å². The van der Waals surface area contributed by atoms with Crippen LogP contribution < -0.4 is 5.32 Å². The number of aliphatic hydroxyl groups is 1. The number of ether oxygens (including phenoxy) is 1. The van der Waals surface area contributed by atoms with Crippen LogP contribution in [0.15, 0.2) is 22.7 Å². The highest BCUT2D eigenvalue weighted by Gasteiger charge is 2.08.